The molecule has 0 fully saturated rings. The van der Waals surface area contributed by atoms with Crippen molar-refractivity contribution < 1.29 is 4.74 Å². The molecule has 0 saturated carbocycles. The van der Waals surface area contributed by atoms with Crippen LogP contribution in [-0.4, -0.2) is 47.3 Å². The molecule has 0 amide bonds. The number of ether oxygens (including phenoxy) is 1. The Morgan fingerprint density at radius 3 is 3.20 bits per heavy atom. The maximum Gasteiger partial charge on any atom is 0.122 e. The highest BCUT2D eigenvalue weighted by Crippen LogP contribution is 2.09. The van der Waals surface area contributed by atoms with Crippen molar-refractivity contribution >= 4 is 0 Å². The molecule has 1 aromatic rings. The molecule has 15 heavy (non-hydrogen) atoms. The molecule has 0 aromatic carbocycles. The van der Waals surface area contributed by atoms with E-state index in [9.17, 15) is 0 Å². The predicted octanol–water partition coefficient (Wildman–Crippen LogP) is -0.326. The minimum atomic E-state index is 0.602. The molecule has 84 valence electrons. The molecule has 2 rings (SSSR count). The van der Waals surface area contributed by atoms with Gasteiger partial charge in [-0.2, -0.15) is 0 Å². The Hall–Kier alpha value is -0.910. The normalized spacial score (nSPS) is 16.6. The van der Waals surface area contributed by atoms with Crippen LogP contribution in [-0.2, 0) is 17.8 Å². The maximum atomic E-state index is 5.36. The van der Waals surface area contributed by atoms with Gasteiger partial charge in [-0.05, 0) is 0 Å². The Morgan fingerprint density at radius 2 is 2.33 bits per heavy atom. The summed E-state index contributed by atoms with van der Waals surface area (Å²) in [5, 5.41) is 0. The standard InChI is InChI=1S/C10H18N4O/c11-1-7-15-8-6-13-4-5-14-3-2-12-10(14)9-13/h2-3H,1,4-9,11H2. The third-order valence-corrected chi connectivity index (χ3v) is 2.64. The lowest BCUT2D eigenvalue weighted by molar-refractivity contribution is 0.0978. The molecule has 1 aliphatic heterocycles. The maximum absolute atomic E-state index is 5.36. The smallest absolute Gasteiger partial charge is 0.122 e. The molecule has 1 aromatic heterocycles. The second-order valence-electron chi connectivity index (χ2n) is 3.71. The summed E-state index contributed by atoms with van der Waals surface area (Å²) in [6, 6.07) is 0. The fourth-order valence-corrected chi connectivity index (χ4v) is 1.79. The van der Waals surface area contributed by atoms with Crippen LogP contribution in [0.2, 0.25) is 0 Å². The summed E-state index contributed by atoms with van der Waals surface area (Å²) < 4.78 is 7.57. The first kappa shape index (κ1) is 10.6. The number of nitrogens with two attached hydrogens (primary N) is 1. The van der Waals surface area contributed by atoms with Crippen LogP contribution in [0.1, 0.15) is 5.82 Å². The van der Waals surface area contributed by atoms with Crippen molar-refractivity contribution in [2.75, 3.05) is 32.8 Å². The minimum Gasteiger partial charge on any atom is -0.379 e. The van der Waals surface area contributed by atoms with Gasteiger partial charge >= 0.3 is 0 Å². The summed E-state index contributed by atoms with van der Waals surface area (Å²) in [4.78, 5) is 6.67. The first-order chi connectivity index (χ1) is 7.40. The van der Waals surface area contributed by atoms with Crippen molar-refractivity contribution in [3.8, 4) is 0 Å². The van der Waals surface area contributed by atoms with Gasteiger partial charge in [0.25, 0.3) is 0 Å². The summed E-state index contributed by atoms with van der Waals surface area (Å²) in [6.45, 7) is 6.03. The average molecular weight is 210 g/mol. The van der Waals surface area contributed by atoms with Crippen molar-refractivity contribution in [3.05, 3.63) is 18.2 Å². The minimum absolute atomic E-state index is 0.602. The van der Waals surface area contributed by atoms with Crippen LogP contribution in [0.3, 0.4) is 0 Å². The van der Waals surface area contributed by atoms with Crippen LogP contribution >= 0.6 is 0 Å². The topological polar surface area (TPSA) is 56.3 Å². The quantitative estimate of drug-likeness (QED) is 0.676. The van der Waals surface area contributed by atoms with Crippen molar-refractivity contribution in [2.45, 2.75) is 13.1 Å². The second kappa shape index (κ2) is 5.25. The van der Waals surface area contributed by atoms with Crippen molar-refractivity contribution in [2.24, 2.45) is 5.73 Å². The molecule has 5 nitrogen and oxygen atoms in total. The van der Waals surface area contributed by atoms with E-state index < -0.39 is 0 Å². The molecule has 2 heterocycles. The van der Waals surface area contributed by atoms with Crippen LogP contribution in [0.15, 0.2) is 12.4 Å². The van der Waals surface area contributed by atoms with Crippen molar-refractivity contribution in [3.63, 3.8) is 0 Å². The fraction of sp³-hybridized carbons (Fsp3) is 0.700. The van der Waals surface area contributed by atoms with Crippen LogP contribution < -0.4 is 5.73 Å². The van der Waals surface area contributed by atoms with E-state index in [1.54, 1.807) is 0 Å². The number of aromatic nitrogens is 2. The van der Waals surface area contributed by atoms with E-state index in [-0.39, 0.29) is 0 Å². The summed E-state index contributed by atoms with van der Waals surface area (Å²) in [5.41, 5.74) is 5.35. The van der Waals surface area contributed by atoms with Crippen LogP contribution in [0.5, 0.6) is 0 Å². The highest BCUT2D eigenvalue weighted by atomic mass is 16.5. The molecule has 5 heteroatoms. The number of hydrogen-bond acceptors (Lipinski definition) is 4. The zero-order chi connectivity index (χ0) is 10.5. The predicted molar refractivity (Wildman–Crippen MR) is 57.4 cm³/mol. The Bertz CT molecular complexity index is 299. The summed E-state index contributed by atoms with van der Waals surface area (Å²) in [6.07, 6.45) is 3.90. The number of imidazole rings is 1. The van der Waals surface area contributed by atoms with E-state index in [4.69, 9.17) is 10.5 Å². The molecule has 0 spiro atoms. The highest BCUT2D eigenvalue weighted by molar-refractivity contribution is 4.95. The Morgan fingerprint density at radius 1 is 1.40 bits per heavy atom. The molecule has 0 atom stereocenters. The van der Waals surface area contributed by atoms with Crippen LogP contribution in [0.4, 0.5) is 0 Å². The molecule has 2 N–H and O–H groups in total. The molecular formula is C10H18N4O. The Kier molecular flexibility index (Phi) is 3.71. The molecule has 1 aliphatic rings. The van der Waals surface area contributed by atoms with Gasteiger partial charge in [-0.15, -0.1) is 0 Å². The number of fused-ring (bicyclic) bond motifs is 1. The Labute approximate surface area is 89.8 Å². The van der Waals surface area contributed by atoms with Crippen LogP contribution in [0.25, 0.3) is 0 Å². The highest BCUT2D eigenvalue weighted by Gasteiger charge is 2.15. The number of hydrogen-bond donors (Lipinski definition) is 1. The largest absolute Gasteiger partial charge is 0.379 e. The van der Waals surface area contributed by atoms with E-state index in [0.29, 0.717) is 13.2 Å². The van der Waals surface area contributed by atoms with Gasteiger partial charge in [-0.25, -0.2) is 4.98 Å². The van der Waals surface area contributed by atoms with E-state index >= 15 is 0 Å². The summed E-state index contributed by atoms with van der Waals surface area (Å²) in [7, 11) is 0. The lowest BCUT2D eigenvalue weighted by Gasteiger charge is -2.27. The van der Waals surface area contributed by atoms with E-state index in [1.807, 2.05) is 12.4 Å². The molecule has 0 radical (unpaired) electrons. The molecule has 0 aliphatic carbocycles. The molecule has 0 saturated heterocycles. The van der Waals surface area contributed by atoms with Gasteiger partial charge in [0, 0.05) is 38.6 Å². The summed E-state index contributed by atoms with van der Waals surface area (Å²) >= 11 is 0. The van der Waals surface area contributed by atoms with Crippen LogP contribution in [0, 0.1) is 0 Å². The van der Waals surface area contributed by atoms with Gasteiger partial charge < -0.3 is 15.0 Å². The third-order valence-electron chi connectivity index (χ3n) is 2.64. The number of rotatable bonds is 5. The third kappa shape index (κ3) is 2.77. The molecule has 0 unspecified atom stereocenters. The SMILES string of the molecule is NCCOCCN1CCn2ccnc2C1. The number of nitrogens with zero attached hydrogens (tertiary/aromatic N) is 3. The average Bonchev–Trinajstić information content (AvgIpc) is 2.71. The van der Waals surface area contributed by atoms with Gasteiger partial charge in [0.2, 0.25) is 0 Å². The monoisotopic (exact) mass is 210 g/mol. The zero-order valence-electron chi connectivity index (χ0n) is 8.93. The van der Waals surface area contributed by atoms with Gasteiger partial charge in [0.1, 0.15) is 5.82 Å². The Balaban J connectivity index is 1.73. The van der Waals surface area contributed by atoms with Gasteiger partial charge in [0.05, 0.1) is 19.8 Å². The summed E-state index contributed by atoms with van der Waals surface area (Å²) in [5.74, 6) is 1.15. The van der Waals surface area contributed by atoms with Crippen molar-refractivity contribution in [1.29, 1.82) is 0 Å². The molecular weight excluding hydrogens is 192 g/mol. The van der Waals surface area contributed by atoms with Crippen molar-refractivity contribution in [1.82, 2.24) is 14.5 Å². The second-order valence-corrected chi connectivity index (χ2v) is 3.71. The van der Waals surface area contributed by atoms with Gasteiger partial charge in [-0.1, -0.05) is 0 Å². The lowest BCUT2D eigenvalue weighted by atomic mass is 10.3. The van der Waals surface area contributed by atoms with E-state index in [2.05, 4.69) is 14.5 Å². The van der Waals surface area contributed by atoms with Gasteiger partial charge in [0.15, 0.2) is 0 Å². The first-order valence-electron chi connectivity index (χ1n) is 5.40. The van der Waals surface area contributed by atoms with Gasteiger partial charge in [-0.3, -0.25) is 4.90 Å². The van der Waals surface area contributed by atoms with E-state index in [0.717, 1.165) is 38.6 Å². The fourth-order valence-electron chi connectivity index (χ4n) is 1.79. The van der Waals surface area contributed by atoms with E-state index in [1.165, 1.54) is 0 Å². The first-order valence-corrected chi connectivity index (χ1v) is 5.40. The lowest BCUT2D eigenvalue weighted by Crippen LogP contribution is -2.36. The molecule has 0 bridgehead atoms. The zero-order valence-corrected chi connectivity index (χ0v) is 8.93.